The fourth-order valence-corrected chi connectivity index (χ4v) is 1.77. The molecule has 1 unspecified atom stereocenters. The van der Waals surface area contributed by atoms with Gasteiger partial charge in [0, 0.05) is 13.5 Å². The Hall–Kier alpha value is -2.72. The molecule has 0 fully saturated rings. The number of hydrogen-bond acceptors (Lipinski definition) is 10. The van der Waals surface area contributed by atoms with Gasteiger partial charge in [-0.25, -0.2) is 14.5 Å². The van der Waals surface area contributed by atoms with Gasteiger partial charge in [-0.1, -0.05) is 0 Å². The number of methoxy groups -OCH3 is 4. The Kier molecular flexibility index (Phi) is 9.02. The van der Waals surface area contributed by atoms with E-state index in [-0.39, 0.29) is 29.8 Å². The lowest BCUT2D eigenvalue weighted by molar-refractivity contribution is -0.452. The fourth-order valence-electron chi connectivity index (χ4n) is 1.77. The van der Waals surface area contributed by atoms with Crippen molar-refractivity contribution in [2.24, 2.45) is 0 Å². The second kappa shape index (κ2) is 11.0. The van der Waals surface area contributed by atoms with Crippen molar-refractivity contribution >= 4 is 12.1 Å². The summed E-state index contributed by atoms with van der Waals surface area (Å²) in [5, 5.41) is 4.13. The highest BCUT2D eigenvalue weighted by atomic mass is 17.5. The molecule has 0 aliphatic rings. The van der Waals surface area contributed by atoms with Gasteiger partial charge in [-0.3, -0.25) is 4.89 Å². The topological polar surface area (TPSA) is 108 Å². The average molecular weight is 374 g/mol. The highest BCUT2D eigenvalue weighted by Crippen LogP contribution is 2.38. The summed E-state index contributed by atoms with van der Waals surface area (Å²) in [6.07, 6.45) is -0.774. The van der Waals surface area contributed by atoms with Gasteiger partial charge in [-0.05, 0) is 19.1 Å². The molecule has 1 atom stereocenters. The van der Waals surface area contributed by atoms with Crippen molar-refractivity contribution in [3.05, 3.63) is 17.7 Å². The number of hydrogen-bond donors (Lipinski definition) is 0. The van der Waals surface area contributed by atoms with E-state index in [0.29, 0.717) is 12.2 Å². The van der Waals surface area contributed by atoms with Crippen molar-refractivity contribution in [3.63, 3.8) is 0 Å². The van der Waals surface area contributed by atoms with E-state index in [1.54, 1.807) is 0 Å². The van der Waals surface area contributed by atoms with Crippen LogP contribution in [0.25, 0.3) is 0 Å². The van der Waals surface area contributed by atoms with Crippen LogP contribution in [0.15, 0.2) is 12.1 Å². The van der Waals surface area contributed by atoms with Gasteiger partial charge >= 0.3 is 12.1 Å². The van der Waals surface area contributed by atoms with E-state index in [2.05, 4.69) is 14.8 Å². The number of ether oxygens (including phenoxy) is 5. The summed E-state index contributed by atoms with van der Waals surface area (Å²) in [5.74, 6) is -0.166. The zero-order valence-electron chi connectivity index (χ0n) is 15.2. The zero-order valence-corrected chi connectivity index (χ0v) is 15.2. The molecule has 0 aliphatic heterocycles. The van der Waals surface area contributed by atoms with Gasteiger partial charge in [0.25, 0.3) is 0 Å². The maximum atomic E-state index is 12.0. The Balaban J connectivity index is 2.54. The number of rotatable bonds is 10. The first-order valence-electron chi connectivity index (χ1n) is 7.51. The molecule has 0 saturated carbocycles. The first kappa shape index (κ1) is 21.3. The zero-order chi connectivity index (χ0) is 19.5. The third-order valence-corrected chi connectivity index (χ3v) is 3.26. The van der Waals surface area contributed by atoms with E-state index in [9.17, 15) is 9.59 Å². The molecule has 146 valence electrons. The maximum Gasteiger partial charge on any atom is 0.543 e. The van der Waals surface area contributed by atoms with Crippen LogP contribution in [0.1, 0.15) is 23.7 Å². The lowest BCUT2D eigenvalue weighted by Gasteiger charge is -2.13. The summed E-state index contributed by atoms with van der Waals surface area (Å²) < 4.78 is 25.0. The van der Waals surface area contributed by atoms with Gasteiger partial charge in [0.05, 0.1) is 44.6 Å². The molecular weight excluding hydrogens is 352 g/mol. The van der Waals surface area contributed by atoms with Gasteiger partial charge in [-0.15, -0.1) is 0 Å². The SMILES string of the molecule is COc1cc(C(=O)OOOC(=O)OCCC(C)OC)cc(OC)c1OC. The van der Waals surface area contributed by atoms with Gasteiger partial charge in [0.2, 0.25) is 5.75 Å². The minimum atomic E-state index is -1.16. The second-order valence-corrected chi connectivity index (χ2v) is 4.87. The third-order valence-electron chi connectivity index (χ3n) is 3.26. The summed E-state index contributed by atoms with van der Waals surface area (Å²) in [4.78, 5) is 31.8. The molecule has 0 radical (unpaired) electrons. The van der Waals surface area contributed by atoms with Crippen molar-refractivity contribution in [2.75, 3.05) is 35.0 Å². The standard InChI is InChI=1S/C16H22O10/c1-10(19-2)6-7-23-16(18)25-26-24-15(17)11-8-12(20-3)14(22-5)13(9-11)21-4/h8-10H,6-7H2,1-5H3. The van der Waals surface area contributed by atoms with Crippen LogP contribution in [0.3, 0.4) is 0 Å². The molecule has 1 aromatic carbocycles. The highest BCUT2D eigenvalue weighted by Gasteiger charge is 2.19. The first-order valence-corrected chi connectivity index (χ1v) is 7.51. The normalized spacial score (nSPS) is 11.3. The molecular formula is C16H22O10. The van der Waals surface area contributed by atoms with Crippen LogP contribution in [0.4, 0.5) is 4.79 Å². The van der Waals surface area contributed by atoms with Crippen LogP contribution >= 0.6 is 0 Å². The van der Waals surface area contributed by atoms with Gasteiger partial charge < -0.3 is 23.7 Å². The Morgan fingerprint density at radius 1 is 0.962 bits per heavy atom. The van der Waals surface area contributed by atoms with Gasteiger partial charge in [0.1, 0.15) is 0 Å². The van der Waals surface area contributed by atoms with Gasteiger partial charge in [-0.2, -0.15) is 0 Å². The minimum Gasteiger partial charge on any atom is -0.493 e. The number of carbonyl (C=O) groups excluding carboxylic acids is 2. The van der Waals surface area contributed by atoms with Crippen LogP contribution in [-0.4, -0.2) is 53.3 Å². The van der Waals surface area contributed by atoms with Gasteiger partial charge in [0.15, 0.2) is 11.5 Å². The summed E-state index contributed by atoms with van der Waals surface area (Å²) >= 11 is 0. The van der Waals surface area contributed by atoms with E-state index in [0.717, 1.165) is 0 Å². The Labute approximate surface area is 150 Å². The maximum absolute atomic E-state index is 12.0. The summed E-state index contributed by atoms with van der Waals surface area (Å²) in [6, 6.07) is 2.69. The molecule has 0 aliphatic carbocycles. The number of carbonyl (C=O) groups is 2. The van der Waals surface area contributed by atoms with Crippen molar-refractivity contribution < 1.29 is 48.1 Å². The van der Waals surface area contributed by atoms with Crippen LogP contribution in [0.2, 0.25) is 0 Å². The van der Waals surface area contributed by atoms with E-state index in [1.807, 2.05) is 6.92 Å². The molecule has 0 spiro atoms. The van der Waals surface area contributed by atoms with Crippen LogP contribution < -0.4 is 14.2 Å². The molecule has 0 N–H and O–H groups in total. The van der Waals surface area contributed by atoms with Crippen LogP contribution in [0, 0.1) is 0 Å². The molecule has 0 aromatic heterocycles. The fraction of sp³-hybridized carbons (Fsp3) is 0.500. The molecule has 0 bridgehead atoms. The van der Waals surface area contributed by atoms with Crippen molar-refractivity contribution in [2.45, 2.75) is 19.4 Å². The second-order valence-electron chi connectivity index (χ2n) is 4.87. The Morgan fingerprint density at radius 3 is 2.08 bits per heavy atom. The summed E-state index contributed by atoms with van der Waals surface area (Å²) in [5.41, 5.74) is 0.0189. The molecule has 26 heavy (non-hydrogen) atoms. The van der Waals surface area contributed by atoms with E-state index >= 15 is 0 Å². The lowest BCUT2D eigenvalue weighted by atomic mass is 10.2. The third kappa shape index (κ3) is 6.30. The molecule has 1 aromatic rings. The average Bonchev–Trinajstić information content (AvgIpc) is 2.66. The smallest absolute Gasteiger partial charge is 0.493 e. The Bertz CT molecular complexity index is 576. The van der Waals surface area contributed by atoms with Crippen LogP contribution in [0.5, 0.6) is 17.2 Å². The quantitative estimate of drug-likeness (QED) is 0.344. The molecule has 0 saturated heterocycles. The van der Waals surface area contributed by atoms with E-state index in [4.69, 9.17) is 23.7 Å². The van der Waals surface area contributed by atoms with Crippen molar-refractivity contribution in [1.29, 1.82) is 0 Å². The monoisotopic (exact) mass is 374 g/mol. The minimum absolute atomic E-state index is 0.0189. The molecule has 0 amide bonds. The molecule has 10 nitrogen and oxygen atoms in total. The first-order chi connectivity index (χ1) is 12.5. The lowest BCUT2D eigenvalue weighted by Crippen LogP contribution is -2.15. The molecule has 1 rings (SSSR count). The predicted molar refractivity (Wildman–Crippen MR) is 86.1 cm³/mol. The van der Waals surface area contributed by atoms with E-state index in [1.165, 1.54) is 40.6 Å². The summed E-state index contributed by atoms with van der Waals surface area (Å²) in [7, 11) is 5.75. The van der Waals surface area contributed by atoms with Crippen molar-refractivity contribution in [1.82, 2.24) is 0 Å². The van der Waals surface area contributed by atoms with Crippen molar-refractivity contribution in [3.8, 4) is 17.2 Å². The molecule has 10 heteroatoms. The largest absolute Gasteiger partial charge is 0.543 e. The highest BCUT2D eigenvalue weighted by molar-refractivity contribution is 5.90. The van der Waals surface area contributed by atoms with E-state index < -0.39 is 12.1 Å². The summed E-state index contributed by atoms with van der Waals surface area (Å²) in [6.45, 7) is 1.86. The predicted octanol–water partition coefficient (Wildman–Crippen LogP) is 2.29. The Morgan fingerprint density at radius 2 is 1.58 bits per heavy atom. The van der Waals surface area contributed by atoms with Crippen LogP contribution in [-0.2, 0) is 24.3 Å². The molecule has 0 heterocycles. The number of benzene rings is 1.